The lowest BCUT2D eigenvalue weighted by atomic mass is 10.1. The van der Waals surface area contributed by atoms with E-state index in [1.807, 2.05) is 18.2 Å². The third-order valence-corrected chi connectivity index (χ3v) is 4.06. The quantitative estimate of drug-likeness (QED) is 0.711. The topological polar surface area (TPSA) is 55.1 Å². The lowest BCUT2D eigenvalue weighted by molar-refractivity contribution is -0.121. The molecule has 0 aliphatic carbocycles. The van der Waals surface area contributed by atoms with E-state index in [0.29, 0.717) is 13.0 Å². The minimum Gasteiger partial charge on any atom is -0.472 e. The minimum absolute atomic E-state index is 0.0829. The molecule has 0 bridgehead atoms. The fraction of sp³-hybridized carbons (Fsp3) is 0.158. The molecule has 0 aliphatic heterocycles. The number of aryl methyl sites for hydroxylation is 1. The first-order valence-corrected chi connectivity index (χ1v) is 8.18. The first kappa shape index (κ1) is 17.2. The van der Waals surface area contributed by atoms with Gasteiger partial charge in [-0.3, -0.25) is 9.78 Å². The molecule has 3 rings (SSSR count). The first-order valence-electron chi connectivity index (χ1n) is 7.80. The zero-order valence-electron chi connectivity index (χ0n) is 13.3. The van der Waals surface area contributed by atoms with E-state index in [4.69, 9.17) is 16.0 Å². The maximum absolute atomic E-state index is 13.4. The van der Waals surface area contributed by atoms with Crippen LogP contribution in [0.4, 0.5) is 4.39 Å². The number of nitrogens with one attached hydrogen (secondary N) is 1. The Hall–Kier alpha value is -2.66. The lowest BCUT2D eigenvalue weighted by Crippen LogP contribution is -2.23. The Labute approximate surface area is 149 Å². The molecule has 1 amide bonds. The zero-order chi connectivity index (χ0) is 17.6. The molecule has 0 spiro atoms. The van der Waals surface area contributed by atoms with Gasteiger partial charge in [-0.25, -0.2) is 4.39 Å². The summed E-state index contributed by atoms with van der Waals surface area (Å²) in [4.78, 5) is 16.3. The van der Waals surface area contributed by atoms with Gasteiger partial charge in [0.15, 0.2) is 0 Å². The van der Waals surface area contributed by atoms with Crippen molar-refractivity contribution < 1.29 is 13.6 Å². The van der Waals surface area contributed by atoms with Crippen molar-refractivity contribution in [2.75, 3.05) is 0 Å². The van der Waals surface area contributed by atoms with Crippen molar-refractivity contribution in [2.24, 2.45) is 0 Å². The molecule has 0 saturated heterocycles. The standard InChI is InChI=1S/C19H16ClFN2O2/c20-16-4-1-13(9-17(16)21)3-6-19(24)23-11-14-2-5-18(22-10-14)15-7-8-25-12-15/h1-2,4-5,7-10,12H,3,6,11H2,(H,23,24). The van der Waals surface area contributed by atoms with E-state index in [2.05, 4.69) is 10.3 Å². The van der Waals surface area contributed by atoms with Gasteiger partial charge in [-0.05, 0) is 41.8 Å². The summed E-state index contributed by atoms with van der Waals surface area (Å²) >= 11 is 5.64. The van der Waals surface area contributed by atoms with Crippen LogP contribution in [0.25, 0.3) is 11.3 Å². The Kier molecular flexibility index (Phi) is 5.46. The summed E-state index contributed by atoms with van der Waals surface area (Å²) in [5.74, 6) is -0.572. The van der Waals surface area contributed by atoms with Crippen LogP contribution in [0, 0.1) is 5.82 Å². The van der Waals surface area contributed by atoms with Crippen LogP contribution in [0.2, 0.25) is 5.02 Å². The fourth-order valence-corrected chi connectivity index (χ4v) is 2.47. The predicted molar refractivity (Wildman–Crippen MR) is 93.5 cm³/mol. The molecular formula is C19H16ClFN2O2. The molecule has 0 radical (unpaired) electrons. The minimum atomic E-state index is -0.469. The maximum Gasteiger partial charge on any atom is 0.220 e. The number of nitrogens with zero attached hydrogens (tertiary/aromatic N) is 1. The molecular weight excluding hydrogens is 343 g/mol. The second-order valence-electron chi connectivity index (χ2n) is 5.59. The van der Waals surface area contributed by atoms with E-state index >= 15 is 0 Å². The van der Waals surface area contributed by atoms with Gasteiger partial charge in [0.05, 0.1) is 23.2 Å². The highest BCUT2D eigenvalue weighted by atomic mass is 35.5. The summed E-state index contributed by atoms with van der Waals surface area (Å²) in [7, 11) is 0. The molecule has 0 unspecified atom stereocenters. The zero-order valence-corrected chi connectivity index (χ0v) is 14.1. The average molecular weight is 359 g/mol. The second-order valence-corrected chi connectivity index (χ2v) is 6.00. The van der Waals surface area contributed by atoms with Gasteiger partial charge in [0.2, 0.25) is 5.91 Å². The van der Waals surface area contributed by atoms with Gasteiger partial charge >= 0.3 is 0 Å². The highest BCUT2D eigenvalue weighted by molar-refractivity contribution is 6.30. The number of aromatic nitrogens is 1. The van der Waals surface area contributed by atoms with E-state index in [1.165, 1.54) is 12.1 Å². The number of carbonyl (C=O) groups is 1. The van der Waals surface area contributed by atoms with Crippen LogP contribution >= 0.6 is 11.6 Å². The number of furan rings is 1. The number of hydrogen-bond donors (Lipinski definition) is 1. The van der Waals surface area contributed by atoms with E-state index in [1.54, 1.807) is 24.8 Å². The third kappa shape index (κ3) is 4.67. The molecule has 1 aromatic carbocycles. The van der Waals surface area contributed by atoms with E-state index in [-0.39, 0.29) is 17.4 Å². The molecule has 0 fully saturated rings. The monoisotopic (exact) mass is 358 g/mol. The van der Waals surface area contributed by atoms with Gasteiger partial charge in [-0.2, -0.15) is 0 Å². The molecule has 4 nitrogen and oxygen atoms in total. The van der Waals surface area contributed by atoms with E-state index in [0.717, 1.165) is 22.4 Å². The van der Waals surface area contributed by atoms with Crippen molar-refractivity contribution in [3.63, 3.8) is 0 Å². The molecule has 0 saturated carbocycles. The number of hydrogen-bond acceptors (Lipinski definition) is 3. The Bertz CT molecular complexity index is 848. The summed E-state index contributed by atoms with van der Waals surface area (Å²) in [5, 5.41) is 2.92. The van der Waals surface area contributed by atoms with Crippen molar-refractivity contribution in [1.29, 1.82) is 0 Å². The summed E-state index contributed by atoms with van der Waals surface area (Å²) in [6.45, 7) is 0.395. The molecule has 0 atom stereocenters. The van der Waals surface area contributed by atoms with Crippen LogP contribution in [-0.2, 0) is 17.8 Å². The van der Waals surface area contributed by atoms with Crippen molar-refractivity contribution >= 4 is 17.5 Å². The molecule has 0 aliphatic rings. The first-order chi connectivity index (χ1) is 12.1. The van der Waals surface area contributed by atoms with Crippen molar-refractivity contribution in [2.45, 2.75) is 19.4 Å². The van der Waals surface area contributed by atoms with E-state index < -0.39 is 5.82 Å². The number of halogens is 2. The maximum atomic E-state index is 13.4. The van der Waals surface area contributed by atoms with Gasteiger partial charge in [0, 0.05) is 24.7 Å². The average Bonchev–Trinajstić information content (AvgIpc) is 3.16. The molecule has 25 heavy (non-hydrogen) atoms. The predicted octanol–water partition coefficient (Wildman–Crippen LogP) is 4.38. The molecule has 1 N–H and O–H groups in total. The second kappa shape index (κ2) is 7.94. The number of amides is 1. The van der Waals surface area contributed by atoms with Crippen molar-refractivity contribution in [3.05, 3.63) is 77.1 Å². The van der Waals surface area contributed by atoms with Gasteiger partial charge in [0.1, 0.15) is 5.82 Å². The Morgan fingerprint density at radius 3 is 2.72 bits per heavy atom. The van der Waals surface area contributed by atoms with Crippen LogP contribution < -0.4 is 5.32 Å². The normalized spacial score (nSPS) is 10.6. The van der Waals surface area contributed by atoms with Crippen LogP contribution in [0.5, 0.6) is 0 Å². The Morgan fingerprint density at radius 2 is 2.04 bits per heavy atom. The smallest absolute Gasteiger partial charge is 0.220 e. The summed E-state index contributed by atoms with van der Waals surface area (Å²) in [6.07, 6.45) is 5.68. The fourth-order valence-electron chi connectivity index (χ4n) is 2.35. The summed E-state index contributed by atoms with van der Waals surface area (Å²) < 4.78 is 18.4. The molecule has 128 valence electrons. The number of pyridine rings is 1. The van der Waals surface area contributed by atoms with Crippen molar-refractivity contribution in [3.8, 4) is 11.3 Å². The molecule has 3 aromatic rings. The Balaban J connectivity index is 1.48. The lowest BCUT2D eigenvalue weighted by Gasteiger charge is -2.06. The highest BCUT2D eigenvalue weighted by Gasteiger charge is 2.06. The van der Waals surface area contributed by atoms with Crippen LogP contribution in [0.15, 0.2) is 59.5 Å². The number of benzene rings is 1. The third-order valence-electron chi connectivity index (χ3n) is 3.76. The largest absolute Gasteiger partial charge is 0.472 e. The van der Waals surface area contributed by atoms with Crippen molar-refractivity contribution in [1.82, 2.24) is 10.3 Å². The van der Waals surface area contributed by atoms with Crippen LogP contribution in [-0.4, -0.2) is 10.9 Å². The van der Waals surface area contributed by atoms with Gasteiger partial charge < -0.3 is 9.73 Å². The summed E-state index contributed by atoms with van der Waals surface area (Å²) in [5.41, 5.74) is 3.36. The summed E-state index contributed by atoms with van der Waals surface area (Å²) in [6, 6.07) is 10.2. The van der Waals surface area contributed by atoms with Gasteiger partial charge in [-0.1, -0.05) is 23.7 Å². The van der Waals surface area contributed by atoms with Crippen LogP contribution in [0.3, 0.4) is 0 Å². The SMILES string of the molecule is O=C(CCc1ccc(Cl)c(F)c1)NCc1ccc(-c2ccoc2)nc1. The van der Waals surface area contributed by atoms with E-state index in [9.17, 15) is 9.18 Å². The number of carbonyl (C=O) groups excluding carboxylic acids is 1. The van der Waals surface area contributed by atoms with Crippen LogP contribution in [0.1, 0.15) is 17.5 Å². The molecule has 2 heterocycles. The van der Waals surface area contributed by atoms with Gasteiger partial charge in [-0.15, -0.1) is 0 Å². The molecule has 6 heteroatoms. The number of rotatable bonds is 6. The van der Waals surface area contributed by atoms with Gasteiger partial charge in [0.25, 0.3) is 0 Å². The highest BCUT2D eigenvalue weighted by Crippen LogP contribution is 2.18. The molecule has 2 aromatic heterocycles. The Morgan fingerprint density at radius 1 is 1.20 bits per heavy atom.